The molecule has 0 bridgehead atoms. The Bertz CT molecular complexity index is 516. The fourth-order valence-corrected chi connectivity index (χ4v) is 1.56. The normalized spacial score (nSPS) is 11.9. The van der Waals surface area contributed by atoms with Crippen molar-refractivity contribution in [2.75, 3.05) is 6.54 Å². The Kier molecular flexibility index (Phi) is 5.92. The molecule has 122 valence electrons. The second-order valence-corrected chi connectivity index (χ2v) is 5.19. The molecule has 2 amide bonds. The van der Waals surface area contributed by atoms with Crippen LogP contribution in [0, 0.1) is 0 Å². The van der Waals surface area contributed by atoms with E-state index >= 15 is 0 Å². The number of rotatable bonds is 6. The standard InChI is InChI=1S/C14H18F3N3O2/c1-13(2,19-12(22)14(15,16)17)11(21)20-18-9-8-10-6-4-3-5-7-10/h3-7,18H,8-9H2,1-2H3,(H,19,22)(H,20,21). The van der Waals surface area contributed by atoms with Crippen LogP contribution < -0.4 is 16.2 Å². The van der Waals surface area contributed by atoms with Crippen LogP contribution in [0.15, 0.2) is 30.3 Å². The molecule has 0 aromatic heterocycles. The summed E-state index contributed by atoms with van der Waals surface area (Å²) in [6.07, 6.45) is -4.39. The van der Waals surface area contributed by atoms with Gasteiger partial charge in [0.25, 0.3) is 5.91 Å². The quantitative estimate of drug-likeness (QED) is 0.547. The van der Waals surface area contributed by atoms with Crippen molar-refractivity contribution in [2.24, 2.45) is 0 Å². The summed E-state index contributed by atoms with van der Waals surface area (Å²) in [7, 11) is 0. The highest BCUT2D eigenvalue weighted by Crippen LogP contribution is 2.16. The number of alkyl halides is 3. The number of halogens is 3. The molecule has 0 atom stereocenters. The number of nitrogens with one attached hydrogen (secondary N) is 3. The van der Waals surface area contributed by atoms with Crippen molar-refractivity contribution in [2.45, 2.75) is 32.0 Å². The Hall–Kier alpha value is -2.09. The lowest BCUT2D eigenvalue weighted by Gasteiger charge is -2.25. The van der Waals surface area contributed by atoms with Gasteiger partial charge in [0, 0.05) is 6.54 Å². The van der Waals surface area contributed by atoms with Gasteiger partial charge in [0.1, 0.15) is 5.54 Å². The summed E-state index contributed by atoms with van der Waals surface area (Å²) in [4.78, 5) is 22.6. The summed E-state index contributed by atoms with van der Waals surface area (Å²) in [6, 6.07) is 9.46. The number of hydrogen-bond acceptors (Lipinski definition) is 3. The molecule has 0 fully saturated rings. The number of hydrogen-bond donors (Lipinski definition) is 3. The summed E-state index contributed by atoms with van der Waals surface area (Å²) in [5, 5.41) is 1.64. The number of hydrazine groups is 1. The summed E-state index contributed by atoms with van der Waals surface area (Å²) in [5.74, 6) is -2.92. The smallest absolute Gasteiger partial charge is 0.334 e. The molecule has 0 aliphatic heterocycles. The first-order chi connectivity index (χ1) is 10.1. The van der Waals surface area contributed by atoms with E-state index in [2.05, 4.69) is 10.9 Å². The van der Waals surface area contributed by atoms with Gasteiger partial charge in [-0.15, -0.1) is 0 Å². The topological polar surface area (TPSA) is 70.2 Å². The first-order valence-corrected chi connectivity index (χ1v) is 6.59. The maximum atomic E-state index is 12.2. The summed E-state index contributed by atoms with van der Waals surface area (Å²) in [6.45, 7) is 2.77. The van der Waals surface area contributed by atoms with Crippen molar-refractivity contribution in [1.29, 1.82) is 0 Å². The van der Waals surface area contributed by atoms with Gasteiger partial charge in [-0.2, -0.15) is 13.2 Å². The van der Waals surface area contributed by atoms with E-state index < -0.39 is 23.5 Å². The molecule has 0 heterocycles. The third-order valence-corrected chi connectivity index (χ3v) is 2.83. The molecule has 1 aromatic carbocycles. The largest absolute Gasteiger partial charge is 0.471 e. The van der Waals surface area contributed by atoms with E-state index in [1.165, 1.54) is 13.8 Å². The molecule has 0 saturated heterocycles. The van der Waals surface area contributed by atoms with Crippen LogP contribution in [0.25, 0.3) is 0 Å². The molecule has 8 heteroatoms. The second-order valence-electron chi connectivity index (χ2n) is 5.19. The van der Waals surface area contributed by atoms with Crippen molar-refractivity contribution >= 4 is 11.8 Å². The molecule has 0 aliphatic carbocycles. The van der Waals surface area contributed by atoms with Crippen LogP contribution in [0.2, 0.25) is 0 Å². The first kappa shape index (κ1) is 18.0. The van der Waals surface area contributed by atoms with E-state index in [4.69, 9.17) is 0 Å². The minimum absolute atomic E-state index is 0.402. The van der Waals surface area contributed by atoms with Crippen LogP contribution in [0.4, 0.5) is 13.2 Å². The van der Waals surface area contributed by atoms with Crippen LogP contribution in [0.3, 0.4) is 0 Å². The lowest BCUT2D eigenvalue weighted by molar-refractivity contribution is -0.176. The Morgan fingerprint density at radius 3 is 2.18 bits per heavy atom. The highest BCUT2D eigenvalue weighted by Gasteiger charge is 2.43. The molecule has 0 spiro atoms. The predicted octanol–water partition coefficient (Wildman–Crippen LogP) is 1.31. The highest BCUT2D eigenvalue weighted by atomic mass is 19.4. The van der Waals surface area contributed by atoms with Gasteiger partial charge in [-0.25, -0.2) is 5.43 Å². The van der Waals surface area contributed by atoms with Crippen LogP contribution in [-0.2, 0) is 16.0 Å². The van der Waals surface area contributed by atoms with Gasteiger partial charge in [0.2, 0.25) is 0 Å². The molecule has 0 saturated carbocycles. The molecule has 5 nitrogen and oxygen atoms in total. The van der Waals surface area contributed by atoms with Gasteiger partial charge >= 0.3 is 12.1 Å². The molecular formula is C14H18F3N3O2. The SMILES string of the molecule is CC(C)(NC(=O)C(F)(F)F)C(=O)NNCCc1ccccc1. The number of amides is 2. The number of benzene rings is 1. The van der Waals surface area contributed by atoms with E-state index in [1.807, 2.05) is 30.3 Å². The van der Waals surface area contributed by atoms with Gasteiger partial charge in [-0.05, 0) is 25.8 Å². The van der Waals surface area contributed by atoms with Gasteiger partial charge in [-0.1, -0.05) is 30.3 Å². The summed E-state index contributed by atoms with van der Waals surface area (Å²) < 4.78 is 36.5. The molecule has 22 heavy (non-hydrogen) atoms. The van der Waals surface area contributed by atoms with Crippen LogP contribution in [0.1, 0.15) is 19.4 Å². The van der Waals surface area contributed by atoms with E-state index in [1.54, 1.807) is 5.32 Å². The monoisotopic (exact) mass is 317 g/mol. The number of carbonyl (C=O) groups is 2. The molecule has 3 N–H and O–H groups in total. The zero-order chi connectivity index (χ0) is 16.8. The molecule has 1 aromatic rings. The lowest BCUT2D eigenvalue weighted by Crippen LogP contribution is -2.59. The van der Waals surface area contributed by atoms with E-state index in [0.717, 1.165) is 5.56 Å². The molecule has 0 aliphatic rings. The first-order valence-electron chi connectivity index (χ1n) is 6.59. The van der Waals surface area contributed by atoms with Crippen molar-refractivity contribution < 1.29 is 22.8 Å². The fourth-order valence-electron chi connectivity index (χ4n) is 1.56. The molecule has 1 rings (SSSR count). The minimum atomic E-state index is -5.03. The zero-order valence-corrected chi connectivity index (χ0v) is 12.3. The zero-order valence-electron chi connectivity index (χ0n) is 12.3. The Balaban J connectivity index is 2.39. The third kappa shape index (κ3) is 5.72. The van der Waals surface area contributed by atoms with Gasteiger partial charge in [0.05, 0.1) is 0 Å². The van der Waals surface area contributed by atoms with Crippen molar-refractivity contribution in [1.82, 2.24) is 16.2 Å². The second kappa shape index (κ2) is 7.26. The van der Waals surface area contributed by atoms with E-state index in [0.29, 0.717) is 13.0 Å². The van der Waals surface area contributed by atoms with Crippen molar-refractivity contribution in [3.8, 4) is 0 Å². The highest BCUT2D eigenvalue weighted by molar-refractivity contribution is 5.92. The third-order valence-electron chi connectivity index (χ3n) is 2.83. The predicted molar refractivity (Wildman–Crippen MR) is 74.6 cm³/mol. The maximum absolute atomic E-state index is 12.2. The van der Waals surface area contributed by atoms with Gasteiger partial charge < -0.3 is 5.32 Å². The van der Waals surface area contributed by atoms with Crippen LogP contribution in [0.5, 0.6) is 0 Å². The summed E-state index contributed by atoms with van der Waals surface area (Å²) in [5.41, 5.74) is 4.26. The molecule has 0 unspecified atom stereocenters. The number of carbonyl (C=O) groups excluding carboxylic acids is 2. The average Bonchev–Trinajstić information content (AvgIpc) is 2.43. The fraction of sp³-hybridized carbons (Fsp3) is 0.429. The lowest BCUT2D eigenvalue weighted by atomic mass is 10.1. The Morgan fingerprint density at radius 2 is 1.64 bits per heavy atom. The maximum Gasteiger partial charge on any atom is 0.471 e. The molecule has 0 radical (unpaired) electrons. The van der Waals surface area contributed by atoms with E-state index in [-0.39, 0.29) is 0 Å². The van der Waals surface area contributed by atoms with E-state index in [9.17, 15) is 22.8 Å². The minimum Gasteiger partial charge on any atom is -0.334 e. The van der Waals surface area contributed by atoms with Crippen molar-refractivity contribution in [3.05, 3.63) is 35.9 Å². The summed E-state index contributed by atoms with van der Waals surface area (Å²) >= 11 is 0. The van der Waals surface area contributed by atoms with Gasteiger partial charge in [-0.3, -0.25) is 15.0 Å². The van der Waals surface area contributed by atoms with Crippen molar-refractivity contribution in [3.63, 3.8) is 0 Å². The Morgan fingerprint density at radius 1 is 1.05 bits per heavy atom. The van der Waals surface area contributed by atoms with Crippen LogP contribution in [-0.4, -0.2) is 30.1 Å². The molecular weight excluding hydrogens is 299 g/mol. The average molecular weight is 317 g/mol. The van der Waals surface area contributed by atoms with Crippen LogP contribution >= 0.6 is 0 Å². The Labute approximate surface area is 126 Å². The van der Waals surface area contributed by atoms with Gasteiger partial charge in [0.15, 0.2) is 0 Å².